The number of hydrogen-bond acceptors (Lipinski definition) is 5. The Morgan fingerprint density at radius 2 is 2.43 bits per heavy atom. The van der Waals surface area contributed by atoms with Crippen LogP contribution in [0.5, 0.6) is 0 Å². The van der Waals surface area contributed by atoms with Gasteiger partial charge in [-0.3, -0.25) is 9.78 Å². The summed E-state index contributed by atoms with van der Waals surface area (Å²) in [6, 6.07) is 5.99. The lowest BCUT2D eigenvalue weighted by molar-refractivity contribution is 0.0732. The van der Waals surface area contributed by atoms with E-state index in [9.17, 15) is 4.79 Å². The smallest absolute Gasteiger partial charge is 0.273 e. The van der Waals surface area contributed by atoms with Crippen molar-refractivity contribution in [2.24, 2.45) is 0 Å². The van der Waals surface area contributed by atoms with Gasteiger partial charge in [0.1, 0.15) is 10.7 Å². The Labute approximate surface area is 128 Å². The van der Waals surface area contributed by atoms with Gasteiger partial charge in [-0.05, 0) is 32.0 Å². The first-order chi connectivity index (χ1) is 10.3. The molecule has 1 N–H and O–H groups in total. The lowest BCUT2D eigenvalue weighted by atomic mass is 10.2. The van der Waals surface area contributed by atoms with Gasteiger partial charge in [0.05, 0.1) is 5.69 Å². The number of rotatable bonds is 4. The number of likely N-dealkylation sites (tertiary alicyclic amines) is 1. The molecular weight excluding hydrogens is 284 g/mol. The third-order valence-corrected chi connectivity index (χ3v) is 4.55. The van der Waals surface area contributed by atoms with Gasteiger partial charge in [0, 0.05) is 30.7 Å². The average molecular weight is 302 g/mol. The Morgan fingerprint density at radius 1 is 1.52 bits per heavy atom. The molecule has 0 aromatic carbocycles. The maximum atomic E-state index is 12.6. The highest BCUT2D eigenvalue weighted by molar-refractivity contribution is 7.13. The summed E-state index contributed by atoms with van der Waals surface area (Å²) >= 11 is 1.47. The molecule has 1 atom stereocenters. The van der Waals surface area contributed by atoms with Crippen molar-refractivity contribution in [2.75, 3.05) is 20.1 Å². The number of carbonyl (C=O) groups is 1. The number of aromatic nitrogens is 2. The summed E-state index contributed by atoms with van der Waals surface area (Å²) in [4.78, 5) is 23.3. The first-order valence-electron chi connectivity index (χ1n) is 7.12. The number of thiazole rings is 1. The van der Waals surface area contributed by atoms with Crippen LogP contribution < -0.4 is 5.32 Å². The first-order valence-corrected chi connectivity index (χ1v) is 8.00. The van der Waals surface area contributed by atoms with E-state index < -0.39 is 0 Å². The zero-order chi connectivity index (χ0) is 14.7. The molecule has 21 heavy (non-hydrogen) atoms. The lowest BCUT2D eigenvalue weighted by Crippen LogP contribution is -2.40. The van der Waals surface area contributed by atoms with Gasteiger partial charge in [0.2, 0.25) is 0 Å². The minimum atomic E-state index is 0.0335. The number of nitrogens with zero attached hydrogens (tertiary/aromatic N) is 3. The van der Waals surface area contributed by atoms with Crippen molar-refractivity contribution in [3.63, 3.8) is 0 Å². The van der Waals surface area contributed by atoms with Crippen molar-refractivity contribution < 1.29 is 4.79 Å². The van der Waals surface area contributed by atoms with Gasteiger partial charge < -0.3 is 10.2 Å². The number of likely N-dealkylation sites (N-methyl/N-ethyl adjacent to an activating group) is 1. The van der Waals surface area contributed by atoms with Crippen molar-refractivity contribution >= 4 is 17.2 Å². The second-order valence-corrected chi connectivity index (χ2v) is 5.96. The maximum absolute atomic E-state index is 12.6. The molecule has 3 heterocycles. The van der Waals surface area contributed by atoms with E-state index in [0.29, 0.717) is 5.69 Å². The molecule has 0 saturated carbocycles. The summed E-state index contributed by atoms with van der Waals surface area (Å²) in [7, 11) is 1.92. The van der Waals surface area contributed by atoms with Gasteiger partial charge in [0.15, 0.2) is 0 Å². The summed E-state index contributed by atoms with van der Waals surface area (Å²) in [6.07, 6.45) is 3.86. The molecule has 1 aliphatic heterocycles. The Bertz CT molecular complexity index is 613. The van der Waals surface area contributed by atoms with E-state index in [1.807, 2.05) is 35.5 Å². The fourth-order valence-electron chi connectivity index (χ4n) is 2.68. The molecule has 2 aromatic heterocycles. The van der Waals surface area contributed by atoms with Crippen LogP contribution in [0.25, 0.3) is 10.7 Å². The van der Waals surface area contributed by atoms with Gasteiger partial charge in [-0.25, -0.2) is 4.98 Å². The SMILES string of the molecule is CNC[C@H]1CCCN1C(=O)c1csc(-c2ccccn2)n1. The Kier molecular flexibility index (Phi) is 4.26. The number of amides is 1. The normalized spacial score (nSPS) is 18.1. The number of pyridine rings is 1. The monoisotopic (exact) mass is 302 g/mol. The van der Waals surface area contributed by atoms with E-state index in [1.165, 1.54) is 11.3 Å². The van der Waals surface area contributed by atoms with E-state index >= 15 is 0 Å². The third kappa shape index (κ3) is 2.96. The van der Waals surface area contributed by atoms with Crippen LogP contribution in [-0.4, -0.2) is 47.0 Å². The molecule has 6 heteroatoms. The summed E-state index contributed by atoms with van der Waals surface area (Å²) in [5.41, 5.74) is 1.35. The van der Waals surface area contributed by atoms with E-state index in [4.69, 9.17) is 0 Å². The zero-order valence-corrected chi connectivity index (χ0v) is 12.8. The molecule has 0 bridgehead atoms. The predicted molar refractivity (Wildman–Crippen MR) is 83.3 cm³/mol. The Balaban J connectivity index is 1.78. The molecule has 0 spiro atoms. The molecule has 0 aliphatic carbocycles. The van der Waals surface area contributed by atoms with E-state index in [0.717, 1.165) is 36.6 Å². The van der Waals surface area contributed by atoms with Crippen LogP contribution in [0.3, 0.4) is 0 Å². The maximum Gasteiger partial charge on any atom is 0.273 e. The highest BCUT2D eigenvalue weighted by atomic mass is 32.1. The van der Waals surface area contributed by atoms with Gasteiger partial charge in [-0.1, -0.05) is 6.07 Å². The van der Waals surface area contributed by atoms with Gasteiger partial charge in [-0.2, -0.15) is 0 Å². The van der Waals surface area contributed by atoms with Crippen LogP contribution in [0.1, 0.15) is 23.3 Å². The van der Waals surface area contributed by atoms with Gasteiger partial charge >= 0.3 is 0 Å². The largest absolute Gasteiger partial charge is 0.333 e. The fourth-order valence-corrected chi connectivity index (χ4v) is 3.45. The van der Waals surface area contributed by atoms with Crippen molar-refractivity contribution in [1.82, 2.24) is 20.2 Å². The second kappa shape index (κ2) is 6.32. The Morgan fingerprint density at radius 3 is 3.19 bits per heavy atom. The lowest BCUT2D eigenvalue weighted by Gasteiger charge is -2.23. The number of nitrogens with one attached hydrogen (secondary N) is 1. The molecule has 1 fully saturated rings. The van der Waals surface area contributed by atoms with E-state index in [-0.39, 0.29) is 11.9 Å². The second-order valence-electron chi connectivity index (χ2n) is 5.11. The molecule has 5 nitrogen and oxygen atoms in total. The highest BCUT2D eigenvalue weighted by Gasteiger charge is 2.30. The Hall–Kier alpha value is -1.79. The average Bonchev–Trinajstić information content (AvgIpc) is 3.17. The van der Waals surface area contributed by atoms with Crippen LogP contribution in [0.15, 0.2) is 29.8 Å². The highest BCUT2D eigenvalue weighted by Crippen LogP contribution is 2.24. The molecule has 0 radical (unpaired) electrons. The molecule has 1 amide bonds. The van der Waals surface area contributed by atoms with Crippen LogP contribution in [-0.2, 0) is 0 Å². The minimum absolute atomic E-state index is 0.0335. The van der Waals surface area contributed by atoms with Crippen molar-refractivity contribution in [3.8, 4) is 10.7 Å². The summed E-state index contributed by atoms with van der Waals surface area (Å²) in [6.45, 7) is 1.66. The first kappa shape index (κ1) is 14.2. The zero-order valence-electron chi connectivity index (χ0n) is 12.0. The van der Waals surface area contributed by atoms with Crippen molar-refractivity contribution in [1.29, 1.82) is 0 Å². The van der Waals surface area contributed by atoms with Crippen LogP contribution in [0.4, 0.5) is 0 Å². The standard InChI is InChI=1S/C15H18N4OS/c1-16-9-11-5-4-8-19(11)15(20)13-10-21-14(18-13)12-6-2-3-7-17-12/h2-3,6-7,10-11,16H,4-5,8-9H2,1H3/t11-/m1/s1. The fraction of sp³-hybridized carbons (Fsp3) is 0.400. The van der Waals surface area contributed by atoms with Gasteiger partial charge in [-0.15, -0.1) is 11.3 Å². The van der Waals surface area contributed by atoms with E-state index in [1.54, 1.807) is 6.20 Å². The predicted octanol–water partition coefficient (Wildman–Crippen LogP) is 2.03. The topological polar surface area (TPSA) is 58.1 Å². The van der Waals surface area contributed by atoms with E-state index in [2.05, 4.69) is 15.3 Å². The molecule has 2 aromatic rings. The van der Waals surface area contributed by atoms with Crippen molar-refractivity contribution in [2.45, 2.75) is 18.9 Å². The molecule has 3 rings (SSSR count). The minimum Gasteiger partial charge on any atom is -0.333 e. The van der Waals surface area contributed by atoms with Crippen LogP contribution in [0, 0.1) is 0 Å². The molecule has 1 aliphatic rings. The quantitative estimate of drug-likeness (QED) is 0.939. The molecule has 0 unspecified atom stereocenters. The summed E-state index contributed by atoms with van der Waals surface area (Å²) in [5, 5.41) is 5.78. The van der Waals surface area contributed by atoms with Crippen LogP contribution in [0.2, 0.25) is 0 Å². The number of carbonyl (C=O) groups excluding carboxylic acids is 1. The number of hydrogen-bond donors (Lipinski definition) is 1. The van der Waals surface area contributed by atoms with Crippen LogP contribution >= 0.6 is 11.3 Å². The van der Waals surface area contributed by atoms with Crippen molar-refractivity contribution in [3.05, 3.63) is 35.5 Å². The van der Waals surface area contributed by atoms with Gasteiger partial charge in [0.25, 0.3) is 5.91 Å². The molecular formula is C15H18N4OS. The third-order valence-electron chi connectivity index (χ3n) is 3.69. The summed E-state index contributed by atoms with van der Waals surface area (Å²) in [5.74, 6) is 0.0335. The molecule has 110 valence electrons. The molecule has 1 saturated heterocycles. The summed E-state index contributed by atoms with van der Waals surface area (Å²) < 4.78 is 0.